The molecule has 6 saturated carbocycles. The molecule has 1 aromatic carbocycles. The van der Waals surface area contributed by atoms with Crippen LogP contribution in [0.1, 0.15) is 124 Å². The molecule has 8 rings (SSSR count). The van der Waals surface area contributed by atoms with Gasteiger partial charge in [-0.1, -0.05) is 64.4 Å². The highest BCUT2D eigenvalue weighted by Crippen LogP contribution is 2.87. The Morgan fingerprint density at radius 1 is 0.886 bits per heavy atom. The molecule has 1 aromatic rings. The monoisotopic (exact) mass is 604 g/mol. The van der Waals surface area contributed by atoms with E-state index in [1.807, 2.05) is 6.92 Å². The molecule has 1 heterocycles. The molecule has 4 bridgehead atoms. The van der Waals surface area contributed by atoms with Gasteiger partial charge in [0.05, 0.1) is 17.6 Å². The van der Waals surface area contributed by atoms with Crippen molar-refractivity contribution in [3.63, 3.8) is 0 Å². The molecule has 0 amide bonds. The fourth-order valence-corrected chi connectivity index (χ4v) is 15.2. The van der Waals surface area contributed by atoms with E-state index in [2.05, 4.69) is 58.0 Å². The van der Waals surface area contributed by atoms with Crippen molar-refractivity contribution in [3.8, 4) is 0 Å². The third-order valence-electron chi connectivity index (χ3n) is 17.5. The maximum atomic E-state index is 12.7. The summed E-state index contributed by atoms with van der Waals surface area (Å²) in [5.41, 5.74) is 0.843. The minimum Gasteiger partial charge on any atom is -0.481 e. The molecule has 5 nitrogen and oxygen atoms in total. The molecule has 0 aromatic heterocycles. The first-order chi connectivity index (χ1) is 20.7. The van der Waals surface area contributed by atoms with E-state index >= 15 is 0 Å². The van der Waals surface area contributed by atoms with Crippen LogP contribution in [0.2, 0.25) is 0 Å². The maximum Gasteiger partial charge on any atom is 0.309 e. The lowest BCUT2D eigenvalue weighted by molar-refractivity contribution is -0.344. The molecule has 242 valence electrons. The number of benzene rings is 1. The van der Waals surface area contributed by atoms with Gasteiger partial charge in [0.15, 0.2) is 5.79 Å². The van der Waals surface area contributed by atoms with Gasteiger partial charge in [-0.2, -0.15) is 0 Å². The largest absolute Gasteiger partial charge is 0.481 e. The Balaban J connectivity index is 1.25. The Morgan fingerprint density at radius 2 is 1.61 bits per heavy atom. The van der Waals surface area contributed by atoms with Crippen LogP contribution in [-0.2, 0) is 16.0 Å². The molecule has 13 atom stereocenters. The van der Waals surface area contributed by atoms with Gasteiger partial charge in [0, 0.05) is 17.8 Å². The predicted molar refractivity (Wildman–Crippen MR) is 170 cm³/mol. The first-order valence-corrected chi connectivity index (χ1v) is 18.0. The molecular weight excluding hydrogens is 548 g/mol. The van der Waals surface area contributed by atoms with Crippen molar-refractivity contribution in [2.24, 2.45) is 55.7 Å². The molecule has 7 aliphatic rings. The van der Waals surface area contributed by atoms with Crippen molar-refractivity contribution in [1.82, 2.24) is 0 Å². The summed E-state index contributed by atoms with van der Waals surface area (Å²) in [6.45, 7) is 12.0. The van der Waals surface area contributed by atoms with Crippen molar-refractivity contribution >= 4 is 5.97 Å². The van der Waals surface area contributed by atoms with Gasteiger partial charge < -0.3 is 20.1 Å². The summed E-state index contributed by atoms with van der Waals surface area (Å²) >= 11 is 0. The lowest BCUT2D eigenvalue weighted by Gasteiger charge is -2.82. The van der Waals surface area contributed by atoms with Gasteiger partial charge in [-0.3, -0.25) is 4.79 Å². The van der Waals surface area contributed by atoms with E-state index in [1.54, 1.807) is 0 Å². The van der Waals surface area contributed by atoms with Gasteiger partial charge >= 0.3 is 5.97 Å². The van der Waals surface area contributed by atoms with Gasteiger partial charge in [-0.25, -0.2) is 0 Å². The second-order valence-corrected chi connectivity index (χ2v) is 18.3. The number of carboxylic acids is 1. The van der Waals surface area contributed by atoms with Crippen LogP contribution in [0.25, 0.3) is 0 Å². The summed E-state index contributed by atoms with van der Waals surface area (Å²) in [5.74, 6) is -1.40. The number of carboxylic acid groups (broad SMARTS) is 1. The molecule has 1 saturated heterocycles. The number of aliphatic carboxylic acids is 1. The van der Waals surface area contributed by atoms with Crippen LogP contribution in [0.4, 0.5) is 0 Å². The number of aliphatic hydroxyl groups excluding tert-OH is 1. The van der Waals surface area contributed by atoms with Gasteiger partial charge in [-0.15, -0.1) is 0 Å². The molecule has 44 heavy (non-hydrogen) atoms. The molecule has 7 fully saturated rings. The SMILES string of the molecule is C[C@H]1[C@@]23CC[C@@]45CCC[C@@]6(CC[C@@]4(C)[C@@H]2[C@H](O)C[C@]1(O)O[C@H]3Cc1ccccc1)[C@@H]1C[C@](C)(C(=O)O)CC[C@@]1(C)CC[C@@]65C. The first kappa shape index (κ1) is 29.9. The topological polar surface area (TPSA) is 87.0 Å². The molecule has 0 unspecified atom stereocenters. The molecule has 5 heteroatoms. The molecule has 1 aliphatic heterocycles. The van der Waals surface area contributed by atoms with Crippen LogP contribution in [0.5, 0.6) is 0 Å². The highest BCUT2D eigenvalue weighted by Gasteiger charge is 2.82. The smallest absolute Gasteiger partial charge is 0.309 e. The second-order valence-electron chi connectivity index (χ2n) is 18.3. The van der Waals surface area contributed by atoms with Crippen molar-refractivity contribution < 1.29 is 24.9 Å². The summed E-state index contributed by atoms with van der Waals surface area (Å²) < 4.78 is 6.75. The Kier molecular flexibility index (Phi) is 6.07. The van der Waals surface area contributed by atoms with E-state index < -0.39 is 23.3 Å². The van der Waals surface area contributed by atoms with Crippen LogP contribution < -0.4 is 0 Å². The fraction of sp³-hybridized carbons (Fsp3) is 0.821. The third kappa shape index (κ3) is 3.21. The van der Waals surface area contributed by atoms with Crippen molar-refractivity contribution in [2.75, 3.05) is 0 Å². The van der Waals surface area contributed by atoms with Crippen molar-refractivity contribution in [3.05, 3.63) is 35.9 Å². The molecule has 6 aliphatic carbocycles. The summed E-state index contributed by atoms with van der Waals surface area (Å²) in [6, 6.07) is 10.6. The van der Waals surface area contributed by atoms with E-state index in [9.17, 15) is 20.1 Å². The third-order valence-corrected chi connectivity index (χ3v) is 17.5. The zero-order chi connectivity index (χ0) is 31.2. The second kappa shape index (κ2) is 8.92. The highest BCUT2D eigenvalue weighted by molar-refractivity contribution is 5.74. The van der Waals surface area contributed by atoms with Gasteiger partial charge in [-0.05, 0) is 128 Å². The Bertz CT molecular complexity index is 1360. The maximum absolute atomic E-state index is 12.7. The average Bonchev–Trinajstić information content (AvgIpc) is 3.09. The number of carbonyl (C=O) groups is 1. The number of ether oxygens (including phenoxy) is 1. The zero-order valence-electron chi connectivity index (χ0n) is 27.8. The quantitative estimate of drug-likeness (QED) is 0.328. The van der Waals surface area contributed by atoms with Crippen molar-refractivity contribution in [1.29, 1.82) is 0 Å². The fourth-order valence-electron chi connectivity index (χ4n) is 15.2. The van der Waals surface area contributed by atoms with Gasteiger partial charge in [0.25, 0.3) is 0 Å². The first-order valence-electron chi connectivity index (χ1n) is 18.0. The van der Waals surface area contributed by atoms with E-state index in [0.29, 0.717) is 12.3 Å². The van der Waals surface area contributed by atoms with E-state index in [-0.39, 0.29) is 50.4 Å². The summed E-state index contributed by atoms with van der Waals surface area (Å²) in [6.07, 6.45) is 13.4. The normalized spacial score (nSPS) is 57.4. The van der Waals surface area contributed by atoms with Gasteiger partial charge in [0.1, 0.15) is 0 Å². The molecule has 2 spiro atoms. The van der Waals surface area contributed by atoms with Crippen LogP contribution in [0, 0.1) is 55.7 Å². The summed E-state index contributed by atoms with van der Waals surface area (Å²) in [5, 5.41) is 34.6. The van der Waals surface area contributed by atoms with Crippen LogP contribution in [0.15, 0.2) is 30.3 Å². The zero-order valence-corrected chi connectivity index (χ0v) is 27.8. The number of rotatable bonds is 3. The Labute approximate surface area is 264 Å². The number of aliphatic hydroxyl groups is 2. The summed E-state index contributed by atoms with van der Waals surface area (Å²) in [7, 11) is 0. The van der Waals surface area contributed by atoms with E-state index in [0.717, 1.165) is 51.4 Å². The van der Waals surface area contributed by atoms with E-state index in [1.165, 1.54) is 37.7 Å². The minimum absolute atomic E-state index is 0.0290. The number of hydrogen-bond donors (Lipinski definition) is 3. The number of fused-ring (bicyclic) bond motifs is 3. The highest BCUT2D eigenvalue weighted by atomic mass is 16.6. The van der Waals surface area contributed by atoms with E-state index in [4.69, 9.17) is 4.74 Å². The average molecular weight is 605 g/mol. The Hall–Kier alpha value is -1.43. The predicted octanol–water partition coefficient (Wildman–Crippen LogP) is 7.77. The lowest BCUT2D eigenvalue weighted by Crippen LogP contribution is -2.76. The van der Waals surface area contributed by atoms with Crippen LogP contribution in [-0.4, -0.2) is 39.3 Å². The minimum atomic E-state index is -1.28. The van der Waals surface area contributed by atoms with Crippen molar-refractivity contribution in [2.45, 2.75) is 143 Å². The molecule has 0 radical (unpaired) electrons. The summed E-state index contributed by atoms with van der Waals surface area (Å²) in [4.78, 5) is 12.7. The number of hydrogen-bond acceptors (Lipinski definition) is 4. The van der Waals surface area contributed by atoms with Gasteiger partial charge in [0.2, 0.25) is 0 Å². The lowest BCUT2D eigenvalue weighted by atomic mass is 9.22. The standard InChI is InChI=1S/C39H56O5/c1-25-38-21-20-37-13-9-12-36(28-24-33(3,31(41)42)15-14-32(28,2)16-18-35(36,37)5)19-17-34(37,4)30(38)27(40)23-39(25,43)44-29(38)22-26-10-7-6-8-11-26/h6-8,10-11,25,27-30,40,43H,9,12-24H2,1-5H3,(H,41,42)/t25-,27+,28+,29-,30-,32-,33+,34-,35-,36+,37-,38+,39-/m0/s1. The van der Waals surface area contributed by atoms with Crippen LogP contribution in [0.3, 0.4) is 0 Å². The molecular formula is C39H56O5. The van der Waals surface area contributed by atoms with Crippen LogP contribution >= 0.6 is 0 Å². The Morgan fingerprint density at radius 3 is 2.34 bits per heavy atom. The molecule has 3 N–H and O–H groups in total.